The van der Waals surface area contributed by atoms with E-state index in [2.05, 4.69) is 15.6 Å². The summed E-state index contributed by atoms with van der Waals surface area (Å²) < 4.78 is 0. The molecule has 0 aliphatic rings. The molecule has 1 atom stereocenters. The standard InChI is InChI=1S/C17H21N3O2S/c1-3-16(21)20-15(8-9-23-2)17(22)19-13-10-12-6-4-5-7-14(12)18-11-13/h4-7,10-11,15H,3,8-9H2,1-2H3,(H,19,22)(H,20,21). The van der Waals surface area contributed by atoms with E-state index in [0.29, 0.717) is 18.5 Å². The second kappa shape index (κ2) is 8.53. The number of carbonyl (C=O) groups is 2. The number of nitrogens with zero attached hydrogens (tertiary/aromatic N) is 1. The smallest absolute Gasteiger partial charge is 0.247 e. The maximum Gasteiger partial charge on any atom is 0.247 e. The van der Waals surface area contributed by atoms with Crippen LogP contribution in [0.5, 0.6) is 0 Å². The quantitative estimate of drug-likeness (QED) is 0.818. The molecular weight excluding hydrogens is 310 g/mol. The van der Waals surface area contributed by atoms with Crippen LogP contribution in [0.2, 0.25) is 0 Å². The molecule has 0 spiro atoms. The first-order chi connectivity index (χ1) is 11.1. The van der Waals surface area contributed by atoms with E-state index >= 15 is 0 Å². The predicted molar refractivity (Wildman–Crippen MR) is 95.6 cm³/mol. The van der Waals surface area contributed by atoms with Gasteiger partial charge in [0.1, 0.15) is 6.04 Å². The van der Waals surface area contributed by atoms with Gasteiger partial charge in [0, 0.05) is 11.8 Å². The highest BCUT2D eigenvalue weighted by Gasteiger charge is 2.20. The van der Waals surface area contributed by atoms with E-state index in [-0.39, 0.29) is 11.8 Å². The van der Waals surface area contributed by atoms with Crippen LogP contribution in [0.25, 0.3) is 10.9 Å². The molecule has 1 unspecified atom stereocenters. The predicted octanol–water partition coefficient (Wildman–Crippen LogP) is 2.82. The summed E-state index contributed by atoms with van der Waals surface area (Å²) in [6.45, 7) is 1.77. The molecular formula is C17H21N3O2S. The number of para-hydroxylation sites is 1. The number of benzene rings is 1. The molecule has 23 heavy (non-hydrogen) atoms. The zero-order valence-electron chi connectivity index (χ0n) is 13.3. The molecule has 0 saturated carbocycles. The van der Waals surface area contributed by atoms with Crippen LogP contribution in [-0.2, 0) is 9.59 Å². The Hall–Kier alpha value is -2.08. The van der Waals surface area contributed by atoms with Gasteiger partial charge in [0.2, 0.25) is 11.8 Å². The van der Waals surface area contributed by atoms with E-state index in [0.717, 1.165) is 16.7 Å². The minimum absolute atomic E-state index is 0.122. The van der Waals surface area contributed by atoms with Crippen LogP contribution in [0.15, 0.2) is 36.5 Å². The summed E-state index contributed by atoms with van der Waals surface area (Å²) >= 11 is 1.65. The fourth-order valence-corrected chi connectivity index (χ4v) is 2.64. The van der Waals surface area contributed by atoms with E-state index in [1.807, 2.05) is 36.6 Å². The van der Waals surface area contributed by atoms with Crippen molar-refractivity contribution in [1.29, 1.82) is 0 Å². The van der Waals surface area contributed by atoms with Crippen molar-refractivity contribution in [3.63, 3.8) is 0 Å². The van der Waals surface area contributed by atoms with Crippen LogP contribution in [0.4, 0.5) is 5.69 Å². The summed E-state index contributed by atoms with van der Waals surface area (Å²) in [5, 5.41) is 6.58. The minimum Gasteiger partial charge on any atom is -0.344 e. The average Bonchev–Trinajstić information content (AvgIpc) is 2.58. The zero-order chi connectivity index (χ0) is 16.7. The first-order valence-electron chi connectivity index (χ1n) is 7.58. The van der Waals surface area contributed by atoms with Gasteiger partial charge in [-0.1, -0.05) is 25.1 Å². The van der Waals surface area contributed by atoms with Crippen LogP contribution < -0.4 is 10.6 Å². The number of nitrogens with one attached hydrogen (secondary N) is 2. The number of aromatic nitrogens is 1. The minimum atomic E-state index is -0.527. The van der Waals surface area contributed by atoms with E-state index in [9.17, 15) is 9.59 Å². The lowest BCUT2D eigenvalue weighted by molar-refractivity contribution is -0.126. The van der Waals surface area contributed by atoms with Crippen molar-refractivity contribution in [3.05, 3.63) is 36.5 Å². The molecule has 122 valence electrons. The lowest BCUT2D eigenvalue weighted by atomic mass is 10.2. The Kier molecular flexibility index (Phi) is 6.40. The topological polar surface area (TPSA) is 71.1 Å². The number of anilines is 1. The Bertz CT molecular complexity index is 690. The van der Waals surface area contributed by atoms with Crippen LogP contribution >= 0.6 is 11.8 Å². The summed E-state index contributed by atoms with van der Waals surface area (Å²) in [6, 6.07) is 9.07. The normalized spacial score (nSPS) is 11.9. The van der Waals surface area contributed by atoms with E-state index < -0.39 is 6.04 Å². The van der Waals surface area contributed by atoms with Gasteiger partial charge < -0.3 is 10.6 Å². The molecule has 2 N–H and O–H groups in total. The van der Waals surface area contributed by atoms with Gasteiger partial charge in [-0.3, -0.25) is 14.6 Å². The van der Waals surface area contributed by atoms with Gasteiger partial charge in [0.25, 0.3) is 0 Å². The summed E-state index contributed by atoms with van der Waals surface area (Å²) in [5.41, 5.74) is 1.51. The van der Waals surface area contributed by atoms with E-state index in [1.54, 1.807) is 24.9 Å². The van der Waals surface area contributed by atoms with Crippen LogP contribution in [0.3, 0.4) is 0 Å². The molecule has 0 aliphatic carbocycles. The third-order valence-electron chi connectivity index (χ3n) is 3.44. The van der Waals surface area contributed by atoms with Crippen LogP contribution in [0.1, 0.15) is 19.8 Å². The first kappa shape index (κ1) is 17.3. The number of rotatable bonds is 7. The number of thioether (sulfide) groups is 1. The number of fused-ring (bicyclic) bond motifs is 1. The number of hydrogen-bond acceptors (Lipinski definition) is 4. The Morgan fingerprint density at radius 3 is 2.83 bits per heavy atom. The van der Waals surface area contributed by atoms with Gasteiger partial charge in [-0.25, -0.2) is 0 Å². The first-order valence-corrected chi connectivity index (χ1v) is 8.97. The van der Waals surface area contributed by atoms with Crippen molar-refractivity contribution in [2.45, 2.75) is 25.8 Å². The summed E-state index contributed by atoms with van der Waals surface area (Å²) in [4.78, 5) is 28.4. The van der Waals surface area contributed by atoms with Gasteiger partial charge in [-0.05, 0) is 30.6 Å². The molecule has 0 saturated heterocycles. The van der Waals surface area contributed by atoms with Gasteiger partial charge >= 0.3 is 0 Å². The number of amides is 2. The molecule has 0 fully saturated rings. The monoisotopic (exact) mass is 331 g/mol. The van der Waals surface area contributed by atoms with Gasteiger partial charge in [-0.2, -0.15) is 11.8 Å². The van der Waals surface area contributed by atoms with Gasteiger partial charge in [0.05, 0.1) is 17.4 Å². The fourth-order valence-electron chi connectivity index (χ4n) is 2.17. The van der Waals surface area contributed by atoms with Gasteiger partial charge in [-0.15, -0.1) is 0 Å². The molecule has 5 nitrogen and oxygen atoms in total. The zero-order valence-corrected chi connectivity index (χ0v) is 14.2. The molecule has 1 heterocycles. The maximum absolute atomic E-state index is 12.4. The summed E-state index contributed by atoms with van der Waals surface area (Å²) in [7, 11) is 0. The van der Waals surface area contributed by atoms with Crippen molar-refractivity contribution in [2.75, 3.05) is 17.3 Å². The molecule has 1 aromatic heterocycles. The Morgan fingerprint density at radius 2 is 2.09 bits per heavy atom. The van der Waals surface area contributed by atoms with Crippen molar-refractivity contribution >= 4 is 40.2 Å². The maximum atomic E-state index is 12.4. The van der Waals surface area contributed by atoms with Crippen LogP contribution in [-0.4, -0.2) is 34.8 Å². The SMILES string of the molecule is CCC(=O)NC(CCSC)C(=O)Nc1cnc2ccccc2c1. The van der Waals surface area contributed by atoms with Crippen molar-refractivity contribution in [3.8, 4) is 0 Å². The Labute approximate surface area is 140 Å². The fraction of sp³-hybridized carbons (Fsp3) is 0.353. The highest BCUT2D eigenvalue weighted by Crippen LogP contribution is 2.16. The lowest BCUT2D eigenvalue weighted by Gasteiger charge is -2.18. The number of carbonyl (C=O) groups excluding carboxylic acids is 2. The highest BCUT2D eigenvalue weighted by atomic mass is 32.2. The third-order valence-corrected chi connectivity index (χ3v) is 4.09. The summed E-state index contributed by atoms with van der Waals surface area (Å²) in [6.07, 6.45) is 4.57. The highest BCUT2D eigenvalue weighted by molar-refractivity contribution is 7.98. The molecule has 6 heteroatoms. The molecule has 2 rings (SSSR count). The van der Waals surface area contributed by atoms with E-state index in [4.69, 9.17) is 0 Å². The average molecular weight is 331 g/mol. The van der Waals surface area contributed by atoms with Gasteiger partial charge in [0.15, 0.2) is 0 Å². The Morgan fingerprint density at radius 1 is 1.30 bits per heavy atom. The summed E-state index contributed by atoms with van der Waals surface area (Å²) in [5.74, 6) is 0.471. The van der Waals surface area contributed by atoms with Crippen LogP contribution in [0, 0.1) is 0 Å². The number of hydrogen-bond donors (Lipinski definition) is 2. The number of pyridine rings is 1. The molecule has 1 aromatic carbocycles. The van der Waals surface area contributed by atoms with E-state index in [1.165, 1.54) is 0 Å². The lowest BCUT2D eigenvalue weighted by Crippen LogP contribution is -2.44. The second-order valence-electron chi connectivity index (χ2n) is 5.16. The molecule has 0 bridgehead atoms. The van der Waals surface area contributed by atoms with Crippen molar-refractivity contribution in [1.82, 2.24) is 10.3 Å². The Balaban J connectivity index is 2.10. The molecule has 2 aromatic rings. The molecule has 0 aliphatic heterocycles. The molecule has 2 amide bonds. The largest absolute Gasteiger partial charge is 0.344 e. The van der Waals surface area contributed by atoms with Crippen molar-refractivity contribution < 1.29 is 9.59 Å². The second-order valence-corrected chi connectivity index (χ2v) is 6.15. The van der Waals surface area contributed by atoms with Crippen molar-refractivity contribution in [2.24, 2.45) is 0 Å². The molecule has 0 radical (unpaired) electrons. The third kappa shape index (κ3) is 4.96.